The minimum Gasteiger partial charge on any atom is -0.746 e. The summed E-state index contributed by atoms with van der Waals surface area (Å²) in [6.07, 6.45) is -23.5. The molecule has 0 aliphatic carbocycles. The van der Waals surface area contributed by atoms with Gasteiger partial charge in [0.25, 0.3) is 6.43 Å². The minimum atomic E-state index is -6.01. The van der Waals surface area contributed by atoms with Crippen molar-refractivity contribution in [3.63, 3.8) is 0 Å². The molecule has 0 aliphatic heterocycles. The fourth-order valence-corrected chi connectivity index (χ4v) is 1.44. The van der Waals surface area contributed by atoms with Gasteiger partial charge < -0.3 is 4.55 Å². The smallest absolute Gasteiger partial charge is 0.746 e. The zero-order chi connectivity index (χ0) is 15.5. The zero-order valence-electron chi connectivity index (χ0n) is 9.70. The zero-order valence-corrected chi connectivity index (χ0v) is 13.6. The molecule has 6 atom stereocenters. The van der Waals surface area contributed by atoms with Gasteiger partial charge in [0.1, 0.15) is 10.1 Å². The standard InChI is InChI=1S/C7H8F8O3S.K/c8-1(2(9)4(11)6(13)14)3(10)5(12)7(15)19(16,17)18;/h1-7H,(H,16,17,18);/q;+1/p-1. The first-order valence-electron chi connectivity index (χ1n) is 4.48. The monoisotopic (exact) mass is 362 g/mol. The van der Waals surface area contributed by atoms with E-state index in [4.69, 9.17) is 0 Å². The number of hydrogen-bond donors (Lipinski definition) is 0. The topological polar surface area (TPSA) is 57.2 Å². The molecule has 0 bridgehead atoms. The summed E-state index contributed by atoms with van der Waals surface area (Å²) in [6.45, 7) is 0. The molecule has 0 aliphatic rings. The average molecular weight is 362 g/mol. The second-order valence-electron chi connectivity index (χ2n) is 3.40. The maximum atomic E-state index is 12.8. The van der Waals surface area contributed by atoms with Gasteiger partial charge in [-0.3, -0.25) is 0 Å². The predicted molar refractivity (Wildman–Crippen MR) is 45.1 cm³/mol. The molecule has 0 saturated heterocycles. The van der Waals surface area contributed by atoms with Gasteiger partial charge in [-0.05, 0) is 0 Å². The Morgan fingerprint density at radius 2 is 0.950 bits per heavy atom. The van der Waals surface area contributed by atoms with Crippen LogP contribution in [0, 0.1) is 0 Å². The minimum absolute atomic E-state index is 0. The van der Waals surface area contributed by atoms with Crippen LogP contribution in [0.5, 0.6) is 0 Å². The molecule has 0 N–H and O–H groups in total. The molecule has 0 spiro atoms. The van der Waals surface area contributed by atoms with Crippen LogP contribution in [-0.2, 0) is 10.1 Å². The van der Waals surface area contributed by atoms with E-state index >= 15 is 0 Å². The first-order valence-corrected chi connectivity index (χ1v) is 5.95. The molecule has 0 aromatic heterocycles. The van der Waals surface area contributed by atoms with Crippen molar-refractivity contribution in [3.8, 4) is 0 Å². The van der Waals surface area contributed by atoms with Crippen LogP contribution in [0.2, 0.25) is 0 Å². The van der Waals surface area contributed by atoms with Crippen LogP contribution in [-0.4, -0.2) is 55.8 Å². The van der Waals surface area contributed by atoms with Crippen LogP contribution >= 0.6 is 0 Å². The van der Waals surface area contributed by atoms with Crippen LogP contribution in [0.3, 0.4) is 0 Å². The van der Waals surface area contributed by atoms with E-state index in [9.17, 15) is 48.1 Å². The Balaban J connectivity index is 0. The van der Waals surface area contributed by atoms with Gasteiger partial charge in [0.15, 0.2) is 30.9 Å². The third-order valence-corrected chi connectivity index (χ3v) is 2.80. The largest absolute Gasteiger partial charge is 1.00 e. The molecule has 0 aromatic rings. The summed E-state index contributed by atoms with van der Waals surface area (Å²) >= 11 is 0. The Morgan fingerprint density at radius 1 is 0.650 bits per heavy atom. The van der Waals surface area contributed by atoms with Crippen molar-refractivity contribution in [1.82, 2.24) is 0 Å². The molecule has 3 nitrogen and oxygen atoms in total. The second-order valence-corrected chi connectivity index (χ2v) is 4.84. The van der Waals surface area contributed by atoms with Crippen LogP contribution in [0.1, 0.15) is 0 Å². The molecule has 0 heterocycles. The summed E-state index contributed by atoms with van der Waals surface area (Å²) < 4.78 is 129. The maximum Gasteiger partial charge on any atom is 1.00 e. The molecule has 20 heavy (non-hydrogen) atoms. The van der Waals surface area contributed by atoms with Crippen LogP contribution in [0.15, 0.2) is 0 Å². The number of hydrogen-bond acceptors (Lipinski definition) is 3. The summed E-state index contributed by atoms with van der Waals surface area (Å²) in [7, 11) is -6.01. The van der Waals surface area contributed by atoms with E-state index in [1.165, 1.54) is 0 Å². The first kappa shape index (κ1) is 23.3. The van der Waals surface area contributed by atoms with E-state index in [1.54, 1.807) is 0 Å². The Bertz CT molecular complexity index is 382. The summed E-state index contributed by atoms with van der Waals surface area (Å²) in [5.74, 6) is 0. The Labute approximate surface area is 151 Å². The molecular formula is C7H7F8KO3S. The third kappa shape index (κ3) is 6.40. The van der Waals surface area contributed by atoms with E-state index in [2.05, 4.69) is 0 Å². The number of halogens is 8. The molecule has 13 heteroatoms. The molecule has 0 aromatic carbocycles. The quantitative estimate of drug-likeness (QED) is 0.324. The Hall–Kier alpha value is 0.986. The predicted octanol–water partition coefficient (Wildman–Crippen LogP) is -1.21. The molecule has 0 radical (unpaired) electrons. The van der Waals surface area contributed by atoms with Crippen molar-refractivity contribution < 1.29 is 99.5 Å². The molecule has 0 fully saturated rings. The second kappa shape index (κ2) is 9.20. The van der Waals surface area contributed by atoms with Gasteiger partial charge in [0.05, 0.1) is 0 Å². The summed E-state index contributed by atoms with van der Waals surface area (Å²) in [4.78, 5) is 0. The summed E-state index contributed by atoms with van der Waals surface area (Å²) in [5.41, 5.74) is -4.07. The van der Waals surface area contributed by atoms with Crippen molar-refractivity contribution in [1.29, 1.82) is 0 Å². The van der Waals surface area contributed by atoms with E-state index in [1.807, 2.05) is 0 Å². The summed E-state index contributed by atoms with van der Waals surface area (Å²) in [5, 5.41) is 0. The molecule has 116 valence electrons. The fourth-order valence-electron chi connectivity index (χ4n) is 0.970. The van der Waals surface area contributed by atoms with Crippen molar-refractivity contribution in [2.45, 2.75) is 42.8 Å². The van der Waals surface area contributed by atoms with Gasteiger partial charge in [-0.15, -0.1) is 0 Å². The van der Waals surface area contributed by atoms with Gasteiger partial charge in [0.2, 0.25) is 5.50 Å². The van der Waals surface area contributed by atoms with Gasteiger partial charge in [-0.2, -0.15) is 0 Å². The molecule has 6 unspecified atom stereocenters. The van der Waals surface area contributed by atoms with Gasteiger partial charge in [-0.1, -0.05) is 0 Å². The van der Waals surface area contributed by atoms with Crippen molar-refractivity contribution in [2.24, 2.45) is 0 Å². The van der Waals surface area contributed by atoms with Crippen LogP contribution in [0.25, 0.3) is 0 Å². The molecule has 0 rings (SSSR count). The Kier molecular flexibility index (Phi) is 10.7. The number of rotatable bonds is 7. The molecule has 0 amide bonds. The van der Waals surface area contributed by atoms with E-state index in [0.29, 0.717) is 0 Å². The summed E-state index contributed by atoms with van der Waals surface area (Å²) in [6, 6.07) is 0. The van der Waals surface area contributed by atoms with Gasteiger partial charge in [0, 0.05) is 0 Å². The van der Waals surface area contributed by atoms with Crippen LogP contribution < -0.4 is 51.4 Å². The molecular weight excluding hydrogens is 355 g/mol. The van der Waals surface area contributed by atoms with E-state index < -0.39 is 52.9 Å². The van der Waals surface area contributed by atoms with Crippen molar-refractivity contribution in [3.05, 3.63) is 0 Å². The third-order valence-electron chi connectivity index (χ3n) is 1.98. The van der Waals surface area contributed by atoms with Gasteiger partial charge >= 0.3 is 51.4 Å². The van der Waals surface area contributed by atoms with Crippen molar-refractivity contribution in [2.75, 3.05) is 0 Å². The first-order chi connectivity index (χ1) is 8.41. The van der Waals surface area contributed by atoms with Crippen molar-refractivity contribution >= 4 is 10.1 Å². The Morgan fingerprint density at radius 3 is 1.25 bits per heavy atom. The van der Waals surface area contributed by atoms with Gasteiger partial charge in [-0.25, -0.2) is 43.5 Å². The SMILES string of the molecule is O=S(=O)([O-])C(F)C(F)C(F)C(F)C(F)C(F)C(F)F.[K+]. The normalized spacial score (nSPS) is 21.5. The fraction of sp³-hybridized carbons (Fsp3) is 1.00. The molecule has 0 saturated carbocycles. The number of alkyl halides is 8. The van der Waals surface area contributed by atoms with E-state index in [-0.39, 0.29) is 51.4 Å². The maximum absolute atomic E-state index is 12.8. The van der Waals surface area contributed by atoms with E-state index in [0.717, 1.165) is 0 Å². The van der Waals surface area contributed by atoms with Crippen LogP contribution in [0.4, 0.5) is 35.1 Å². The average Bonchev–Trinajstić information content (AvgIpc) is 2.31.